The first-order valence-electron chi connectivity index (χ1n) is 4.71. The fraction of sp³-hybridized carbons (Fsp3) is 1.00. The zero-order valence-corrected chi connectivity index (χ0v) is 8.17. The molecule has 0 spiro atoms. The van der Waals surface area contributed by atoms with Crippen LogP contribution in [0.4, 0.5) is 26.3 Å². The van der Waals surface area contributed by atoms with E-state index in [0.717, 1.165) is 6.42 Å². The largest absolute Gasteiger partial charge is 0.402 e. The van der Waals surface area contributed by atoms with Crippen LogP contribution in [-0.2, 0) is 0 Å². The zero-order chi connectivity index (χ0) is 11.9. The highest BCUT2D eigenvalue weighted by atomic mass is 19.4. The number of hydrogen-bond acceptors (Lipinski definition) is 0. The van der Waals surface area contributed by atoms with Crippen LogP contribution in [-0.4, -0.2) is 12.4 Å². The Labute approximate surface area is 83.6 Å². The van der Waals surface area contributed by atoms with Gasteiger partial charge < -0.3 is 0 Å². The molecule has 1 aliphatic carbocycles. The molecule has 0 radical (unpaired) electrons. The molecule has 0 aliphatic heterocycles. The Bertz CT molecular complexity index is 208. The summed E-state index contributed by atoms with van der Waals surface area (Å²) in [6.45, 7) is 0.255. The molecule has 0 atom stereocenters. The van der Waals surface area contributed by atoms with Crippen molar-refractivity contribution in [1.82, 2.24) is 0 Å². The minimum atomic E-state index is -5.22. The van der Waals surface area contributed by atoms with Crippen LogP contribution in [0.15, 0.2) is 0 Å². The van der Waals surface area contributed by atoms with Crippen LogP contribution in [0.2, 0.25) is 0 Å². The normalized spacial score (nSPS) is 20.2. The van der Waals surface area contributed by atoms with Gasteiger partial charge in [-0.25, -0.2) is 0 Å². The van der Waals surface area contributed by atoms with E-state index in [-0.39, 0.29) is 6.92 Å². The second-order valence-electron chi connectivity index (χ2n) is 4.33. The molecular weight excluding hydrogens is 222 g/mol. The first kappa shape index (κ1) is 12.6. The Balaban J connectivity index is 2.85. The van der Waals surface area contributed by atoms with Gasteiger partial charge in [0.15, 0.2) is 5.41 Å². The summed E-state index contributed by atoms with van der Waals surface area (Å²) in [6.07, 6.45) is -9.60. The Morgan fingerprint density at radius 2 is 1.33 bits per heavy atom. The molecule has 0 unspecified atom stereocenters. The second kappa shape index (κ2) is 3.56. The third-order valence-electron chi connectivity index (χ3n) is 3.17. The van der Waals surface area contributed by atoms with E-state index in [9.17, 15) is 26.3 Å². The van der Waals surface area contributed by atoms with Crippen molar-refractivity contribution in [3.8, 4) is 0 Å². The quantitative estimate of drug-likeness (QED) is 0.624. The molecule has 90 valence electrons. The number of halogens is 6. The Morgan fingerprint density at radius 1 is 0.933 bits per heavy atom. The maximum atomic E-state index is 12.4. The lowest BCUT2D eigenvalue weighted by Gasteiger charge is -2.39. The lowest BCUT2D eigenvalue weighted by atomic mass is 9.72. The van der Waals surface area contributed by atoms with Crippen molar-refractivity contribution in [3.05, 3.63) is 0 Å². The SMILES string of the molecule is CC(CC1CCC1)(C(F)(F)F)C(F)(F)F. The van der Waals surface area contributed by atoms with Crippen LogP contribution in [0.3, 0.4) is 0 Å². The first-order chi connectivity index (χ1) is 6.58. The van der Waals surface area contributed by atoms with Crippen molar-refractivity contribution in [1.29, 1.82) is 0 Å². The van der Waals surface area contributed by atoms with Crippen molar-refractivity contribution < 1.29 is 26.3 Å². The molecule has 1 rings (SSSR count). The number of hydrogen-bond donors (Lipinski definition) is 0. The summed E-state index contributed by atoms with van der Waals surface area (Å²) in [4.78, 5) is 0. The Kier molecular flexibility index (Phi) is 3.00. The minimum absolute atomic E-state index is 0.255. The van der Waals surface area contributed by atoms with E-state index in [1.807, 2.05) is 0 Å². The highest BCUT2D eigenvalue weighted by molar-refractivity contribution is 4.92. The predicted octanol–water partition coefficient (Wildman–Crippen LogP) is 4.31. The monoisotopic (exact) mass is 234 g/mol. The minimum Gasteiger partial charge on any atom is -0.170 e. The van der Waals surface area contributed by atoms with Gasteiger partial charge in [0.1, 0.15) is 0 Å². The van der Waals surface area contributed by atoms with Crippen molar-refractivity contribution in [2.45, 2.75) is 45.0 Å². The van der Waals surface area contributed by atoms with Crippen LogP contribution in [0.25, 0.3) is 0 Å². The van der Waals surface area contributed by atoms with E-state index < -0.39 is 30.1 Å². The Morgan fingerprint density at radius 3 is 1.53 bits per heavy atom. The lowest BCUT2D eigenvalue weighted by Crippen LogP contribution is -2.49. The highest BCUT2D eigenvalue weighted by Crippen LogP contribution is 2.55. The molecule has 15 heavy (non-hydrogen) atoms. The predicted molar refractivity (Wildman–Crippen MR) is 42.2 cm³/mol. The van der Waals surface area contributed by atoms with E-state index in [1.165, 1.54) is 0 Å². The summed E-state index contributed by atoms with van der Waals surface area (Å²) >= 11 is 0. The zero-order valence-electron chi connectivity index (χ0n) is 8.17. The van der Waals surface area contributed by atoms with Gasteiger partial charge in [-0.2, -0.15) is 26.3 Å². The maximum absolute atomic E-state index is 12.4. The number of rotatable bonds is 2. The summed E-state index contributed by atoms with van der Waals surface area (Å²) in [6, 6.07) is 0. The molecule has 1 fully saturated rings. The van der Waals surface area contributed by atoms with Crippen LogP contribution in [0.5, 0.6) is 0 Å². The van der Waals surface area contributed by atoms with Crippen molar-refractivity contribution in [3.63, 3.8) is 0 Å². The standard InChI is InChI=1S/C9H12F6/c1-7(8(10,11)12,9(13,14)15)5-6-3-2-4-6/h6H,2-5H2,1H3. The van der Waals surface area contributed by atoms with Gasteiger partial charge >= 0.3 is 12.4 Å². The van der Waals surface area contributed by atoms with Gasteiger partial charge in [0, 0.05) is 0 Å². The van der Waals surface area contributed by atoms with E-state index in [2.05, 4.69) is 0 Å². The highest BCUT2D eigenvalue weighted by Gasteiger charge is 2.67. The summed E-state index contributed by atoms with van der Waals surface area (Å²) < 4.78 is 74.4. The van der Waals surface area contributed by atoms with E-state index in [0.29, 0.717) is 12.8 Å². The fourth-order valence-corrected chi connectivity index (χ4v) is 1.67. The Hall–Kier alpha value is -0.420. The van der Waals surface area contributed by atoms with Gasteiger partial charge in [0.25, 0.3) is 0 Å². The number of alkyl halides is 6. The summed E-state index contributed by atoms with van der Waals surface area (Å²) in [5, 5.41) is 0. The summed E-state index contributed by atoms with van der Waals surface area (Å²) in [5.41, 5.74) is -3.55. The van der Waals surface area contributed by atoms with Gasteiger partial charge in [-0.1, -0.05) is 19.3 Å². The molecule has 0 bridgehead atoms. The molecule has 0 aromatic heterocycles. The molecule has 0 aromatic rings. The molecule has 1 aliphatic rings. The van der Waals surface area contributed by atoms with Gasteiger partial charge in [-0.3, -0.25) is 0 Å². The molecule has 0 N–H and O–H groups in total. The summed E-state index contributed by atoms with van der Waals surface area (Å²) in [7, 11) is 0. The average molecular weight is 234 g/mol. The molecule has 0 heterocycles. The smallest absolute Gasteiger partial charge is 0.170 e. The second-order valence-corrected chi connectivity index (χ2v) is 4.33. The summed E-state index contributed by atoms with van der Waals surface area (Å²) in [5.74, 6) is -0.432. The van der Waals surface area contributed by atoms with Crippen molar-refractivity contribution >= 4 is 0 Å². The molecule has 0 aromatic carbocycles. The van der Waals surface area contributed by atoms with Crippen LogP contribution in [0.1, 0.15) is 32.6 Å². The molecule has 6 heteroatoms. The molecule has 1 saturated carbocycles. The third kappa shape index (κ3) is 2.23. The van der Waals surface area contributed by atoms with E-state index >= 15 is 0 Å². The van der Waals surface area contributed by atoms with E-state index in [4.69, 9.17) is 0 Å². The van der Waals surface area contributed by atoms with Gasteiger partial charge in [-0.05, 0) is 19.3 Å². The molecule has 0 amide bonds. The van der Waals surface area contributed by atoms with Crippen molar-refractivity contribution in [2.24, 2.45) is 11.3 Å². The molecule has 0 nitrogen and oxygen atoms in total. The maximum Gasteiger partial charge on any atom is 0.402 e. The van der Waals surface area contributed by atoms with Gasteiger partial charge in [0.05, 0.1) is 0 Å². The van der Waals surface area contributed by atoms with E-state index in [1.54, 1.807) is 0 Å². The first-order valence-corrected chi connectivity index (χ1v) is 4.71. The lowest BCUT2D eigenvalue weighted by molar-refractivity contribution is -0.340. The molecule has 0 saturated heterocycles. The average Bonchev–Trinajstić information content (AvgIpc) is 1.91. The fourth-order valence-electron chi connectivity index (χ4n) is 1.67. The van der Waals surface area contributed by atoms with Gasteiger partial charge in [0.2, 0.25) is 0 Å². The van der Waals surface area contributed by atoms with Crippen LogP contribution < -0.4 is 0 Å². The van der Waals surface area contributed by atoms with Crippen LogP contribution in [0, 0.1) is 11.3 Å². The van der Waals surface area contributed by atoms with Gasteiger partial charge in [-0.15, -0.1) is 0 Å². The van der Waals surface area contributed by atoms with Crippen LogP contribution >= 0.6 is 0 Å². The molecular formula is C9H12F6. The van der Waals surface area contributed by atoms with Crippen molar-refractivity contribution in [2.75, 3.05) is 0 Å². The third-order valence-corrected chi connectivity index (χ3v) is 3.17. The topological polar surface area (TPSA) is 0 Å².